The Morgan fingerprint density at radius 1 is 1.19 bits per heavy atom. The predicted octanol–water partition coefficient (Wildman–Crippen LogP) is 2.31. The molecular weight excluding hydrogens is 293 g/mol. The Labute approximate surface area is 123 Å². The number of hydrogen-bond donors (Lipinski definition) is 1. The van der Waals surface area contributed by atoms with Crippen molar-refractivity contribution in [2.45, 2.75) is 11.0 Å². The number of benzene rings is 2. The Balaban J connectivity index is 2.19. The molecule has 1 unspecified atom stereocenters. The zero-order chi connectivity index (χ0) is 15.5. The second-order valence-corrected chi connectivity index (χ2v) is 6.66. The van der Waals surface area contributed by atoms with E-state index < -0.39 is 15.9 Å². The molecule has 0 heterocycles. The van der Waals surface area contributed by atoms with Gasteiger partial charge in [-0.15, -0.1) is 0 Å². The van der Waals surface area contributed by atoms with Gasteiger partial charge in [0.05, 0.1) is 4.90 Å². The second kappa shape index (κ2) is 6.24. The van der Waals surface area contributed by atoms with Gasteiger partial charge in [-0.25, -0.2) is 12.8 Å². The summed E-state index contributed by atoms with van der Waals surface area (Å²) in [5, 5.41) is 0. The van der Waals surface area contributed by atoms with Crippen LogP contribution in [0.1, 0.15) is 11.7 Å². The van der Waals surface area contributed by atoms with Crippen molar-refractivity contribution in [3.05, 3.63) is 59.9 Å². The molecule has 0 bridgehead atoms. The molecule has 0 aliphatic rings. The molecule has 2 rings (SSSR count). The van der Waals surface area contributed by atoms with Gasteiger partial charge < -0.3 is 10.5 Å². The van der Waals surface area contributed by atoms with E-state index >= 15 is 0 Å². The highest BCUT2D eigenvalue weighted by atomic mass is 32.2. The summed E-state index contributed by atoms with van der Waals surface area (Å²) in [5.74, 6) is 0.115. The number of ether oxygens (including phenoxy) is 1. The molecule has 0 saturated carbocycles. The van der Waals surface area contributed by atoms with Crippen molar-refractivity contribution in [2.24, 2.45) is 5.73 Å². The molecule has 0 aliphatic heterocycles. The summed E-state index contributed by atoms with van der Waals surface area (Å²) in [6.07, 6.45) is 0.642. The fraction of sp³-hybridized carbons (Fsp3) is 0.200. The van der Waals surface area contributed by atoms with Gasteiger partial charge in [-0.1, -0.05) is 12.1 Å². The van der Waals surface area contributed by atoms with Gasteiger partial charge in [0, 0.05) is 12.8 Å². The molecule has 0 aliphatic carbocycles. The first kappa shape index (κ1) is 15.5. The molecule has 2 N–H and O–H groups in total. The van der Waals surface area contributed by atoms with E-state index in [1.165, 1.54) is 24.3 Å². The minimum absolute atomic E-state index is 0.178. The van der Waals surface area contributed by atoms with E-state index in [-0.39, 0.29) is 17.3 Å². The molecule has 21 heavy (non-hydrogen) atoms. The smallest absolute Gasteiger partial charge is 0.175 e. The largest absolute Gasteiger partial charge is 0.484 e. The monoisotopic (exact) mass is 309 g/mol. The Hall–Kier alpha value is -1.92. The number of rotatable bonds is 5. The highest BCUT2D eigenvalue weighted by Crippen LogP contribution is 2.23. The van der Waals surface area contributed by atoms with Gasteiger partial charge in [-0.05, 0) is 42.0 Å². The summed E-state index contributed by atoms with van der Waals surface area (Å²) in [4.78, 5) is 0.213. The molecule has 112 valence electrons. The maximum atomic E-state index is 13.2. The summed E-state index contributed by atoms with van der Waals surface area (Å²) < 4.78 is 41.7. The molecule has 0 fully saturated rings. The lowest BCUT2D eigenvalue weighted by Gasteiger charge is -2.18. The van der Waals surface area contributed by atoms with Crippen LogP contribution in [0.4, 0.5) is 4.39 Å². The van der Waals surface area contributed by atoms with Crippen LogP contribution in [0.15, 0.2) is 53.4 Å². The zero-order valence-electron chi connectivity index (χ0n) is 11.5. The Morgan fingerprint density at radius 3 is 2.38 bits per heavy atom. The van der Waals surface area contributed by atoms with E-state index in [9.17, 15) is 12.8 Å². The lowest BCUT2D eigenvalue weighted by atomic mass is 10.1. The van der Waals surface area contributed by atoms with Crippen molar-refractivity contribution in [3.63, 3.8) is 0 Å². The highest BCUT2D eigenvalue weighted by Gasteiger charge is 2.13. The van der Waals surface area contributed by atoms with E-state index in [1.54, 1.807) is 24.3 Å². The lowest BCUT2D eigenvalue weighted by molar-refractivity contribution is 0.213. The van der Waals surface area contributed by atoms with Crippen LogP contribution in [-0.2, 0) is 9.84 Å². The van der Waals surface area contributed by atoms with Crippen molar-refractivity contribution in [2.75, 3.05) is 12.8 Å². The third-order valence-electron chi connectivity index (χ3n) is 2.96. The second-order valence-electron chi connectivity index (χ2n) is 4.64. The van der Waals surface area contributed by atoms with Gasteiger partial charge in [0.15, 0.2) is 9.84 Å². The number of sulfone groups is 1. The average molecular weight is 309 g/mol. The number of halogens is 1. The molecule has 4 nitrogen and oxygen atoms in total. The van der Waals surface area contributed by atoms with Gasteiger partial charge in [0.25, 0.3) is 0 Å². The predicted molar refractivity (Wildman–Crippen MR) is 78.4 cm³/mol. The van der Waals surface area contributed by atoms with E-state index in [2.05, 4.69) is 0 Å². The normalized spacial score (nSPS) is 12.9. The Kier molecular flexibility index (Phi) is 4.59. The summed E-state index contributed by atoms with van der Waals surface area (Å²) in [6.45, 7) is 0.178. The maximum Gasteiger partial charge on any atom is 0.175 e. The molecule has 0 radical (unpaired) electrons. The minimum atomic E-state index is -3.24. The topological polar surface area (TPSA) is 69.4 Å². The number of hydrogen-bond acceptors (Lipinski definition) is 4. The SMILES string of the molecule is CS(=O)(=O)c1ccc(OC(CN)c2cccc(F)c2)cc1. The first-order valence-corrected chi connectivity index (χ1v) is 8.21. The maximum absolute atomic E-state index is 13.2. The van der Waals surface area contributed by atoms with Crippen LogP contribution in [0.3, 0.4) is 0 Å². The molecule has 1 atom stereocenters. The fourth-order valence-electron chi connectivity index (χ4n) is 1.89. The molecule has 0 amide bonds. The van der Waals surface area contributed by atoms with Crippen LogP contribution in [0.5, 0.6) is 5.75 Å². The minimum Gasteiger partial charge on any atom is -0.484 e. The van der Waals surface area contributed by atoms with Crippen LogP contribution in [0.25, 0.3) is 0 Å². The van der Waals surface area contributed by atoms with Gasteiger partial charge in [-0.3, -0.25) is 0 Å². The van der Waals surface area contributed by atoms with Crippen LogP contribution in [0, 0.1) is 5.82 Å². The van der Waals surface area contributed by atoms with Crippen LogP contribution < -0.4 is 10.5 Å². The van der Waals surface area contributed by atoms with E-state index in [4.69, 9.17) is 10.5 Å². The standard InChI is InChI=1S/C15H16FNO3S/c1-21(18,19)14-7-5-13(6-8-14)20-15(10-17)11-3-2-4-12(16)9-11/h2-9,15H,10,17H2,1H3. The van der Waals surface area contributed by atoms with Crippen molar-refractivity contribution in [3.8, 4) is 5.75 Å². The van der Waals surface area contributed by atoms with Gasteiger partial charge in [0.1, 0.15) is 17.7 Å². The van der Waals surface area contributed by atoms with Gasteiger partial charge in [0.2, 0.25) is 0 Å². The van der Waals surface area contributed by atoms with E-state index in [0.29, 0.717) is 11.3 Å². The fourth-order valence-corrected chi connectivity index (χ4v) is 2.52. The summed E-state index contributed by atoms with van der Waals surface area (Å²) in [6, 6.07) is 12.1. The van der Waals surface area contributed by atoms with E-state index in [0.717, 1.165) is 6.26 Å². The first-order chi connectivity index (χ1) is 9.90. The van der Waals surface area contributed by atoms with Crippen molar-refractivity contribution in [1.82, 2.24) is 0 Å². The Morgan fingerprint density at radius 2 is 1.86 bits per heavy atom. The molecule has 0 aromatic heterocycles. The van der Waals surface area contributed by atoms with Crippen LogP contribution in [0.2, 0.25) is 0 Å². The van der Waals surface area contributed by atoms with E-state index in [1.807, 2.05) is 0 Å². The quantitative estimate of drug-likeness (QED) is 0.920. The van der Waals surface area contributed by atoms with Crippen molar-refractivity contribution >= 4 is 9.84 Å². The van der Waals surface area contributed by atoms with Crippen molar-refractivity contribution in [1.29, 1.82) is 0 Å². The van der Waals surface area contributed by atoms with Crippen molar-refractivity contribution < 1.29 is 17.5 Å². The van der Waals surface area contributed by atoms with Gasteiger partial charge >= 0.3 is 0 Å². The summed E-state index contributed by atoms with van der Waals surface area (Å²) in [5.41, 5.74) is 6.29. The molecule has 0 saturated heterocycles. The lowest BCUT2D eigenvalue weighted by Crippen LogP contribution is -2.18. The Bertz CT molecular complexity index is 714. The highest BCUT2D eigenvalue weighted by molar-refractivity contribution is 7.90. The average Bonchev–Trinajstić information content (AvgIpc) is 2.44. The van der Waals surface area contributed by atoms with Gasteiger partial charge in [-0.2, -0.15) is 0 Å². The molecule has 0 spiro atoms. The zero-order valence-corrected chi connectivity index (χ0v) is 12.3. The summed E-state index contributed by atoms with van der Waals surface area (Å²) in [7, 11) is -3.24. The molecular formula is C15H16FNO3S. The van der Waals surface area contributed by atoms with Crippen LogP contribution in [-0.4, -0.2) is 21.2 Å². The molecule has 6 heteroatoms. The number of nitrogens with two attached hydrogens (primary N) is 1. The summed E-state index contributed by atoms with van der Waals surface area (Å²) >= 11 is 0. The first-order valence-electron chi connectivity index (χ1n) is 6.32. The molecule has 2 aromatic carbocycles. The third kappa shape index (κ3) is 4.03. The molecule has 2 aromatic rings. The third-order valence-corrected chi connectivity index (χ3v) is 4.09. The van der Waals surface area contributed by atoms with Crippen LogP contribution >= 0.6 is 0 Å².